The van der Waals surface area contributed by atoms with E-state index in [0.717, 1.165) is 21.7 Å². The normalized spacial score (nSPS) is 12.2. The van der Waals surface area contributed by atoms with Crippen LogP contribution in [0.15, 0.2) is 48.5 Å². The molecule has 126 valence electrons. The van der Waals surface area contributed by atoms with E-state index in [0.29, 0.717) is 0 Å². The zero-order valence-electron chi connectivity index (χ0n) is 12.2. The van der Waals surface area contributed by atoms with Gasteiger partial charge in [0.05, 0.1) is 0 Å². The van der Waals surface area contributed by atoms with Gasteiger partial charge in [-0.3, -0.25) is 0 Å². The predicted molar refractivity (Wildman–Crippen MR) is 100 cm³/mol. The number of amidine groups is 2. The Kier molecular flexibility index (Phi) is 13.7. The van der Waals surface area contributed by atoms with Gasteiger partial charge in [-0.1, -0.05) is 24.3 Å². The Bertz CT molecular complexity index is 664. The molecule has 2 aliphatic rings. The standard InChI is InChI=1S/2C7H6N2S.2Fe.2S/c2*10-7-8-5-3-1-2-4-6(5)9-7;;;;/h2*1-4H,(H2,8,9,10);;;;/q;;2*+3;2*-2/p+4. The molecule has 0 aliphatic carbocycles. The third kappa shape index (κ3) is 6.80. The molecule has 2 aromatic carbocycles. The van der Waals surface area contributed by atoms with E-state index in [9.17, 15) is 0 Å². The van der Waals surface area contributed by atoms with Crippen LogP contribution < -0.4 is 20.6 Å². The van der Waals surface area contributed by atoms with Gasteiger partial charge in [0, 0.05) is 24.3 Å². The fourth-order valence-corrected chi connectivity index (χ4v) is 2.64. The van der Waals surface area contributed by atoms with Crippen molar-refractivity contribution in [2.75, 3.05) is 0 Å². The van der Waals surface area contributed by atoms with Crippen LogP contribution in [-0.4, -0.2) is 10.3 Å². The van der Waals surface area contributed by atoms with E-state index in [1.165, 1.54) is 11.4 Å². The van der Waals surface area contributed by atoms with E-state index in [4.69, 9.17) is 0 Å². The van der Waals surface area contributed by atoms with Crippen LogP contribution in [0.1, 0.15) is 0 Å². The smallest absolute Gasteiger partial charge is 2.00 e. The first-order valence-electron chi connectivity index (χ1n) is 6.26. The Morgan fingerprint density at radius 3 is 1.29 bits per heavy atom. The fourth-order valence-electron chi connectivity index (χ4n) is 2.12. The van der Waals surface area contributed by atoms with E-state index in [1.807, 2.05) is 47.0 Å². The van der Waals surface area contributed by atoms with Crippen molar-refractivity contribution in [3.63, 3.8) is 0 Å². The molecule has 24 heavy (non-hydrogen) atoms. The summed E-state index contributed by atoms with van der Waals surface area (Å²) in [6, 6.07) is 16.2. The van der Waals surface area contributed by atoms with Crippen LogP contribution in [0.2, 0.25) is 0 Å². The molecule has 0 saturated heterocycles. The number of fused-ring (bicyclic) bond motifs is 2. The number of nitrogens with two attached hydrogens (primary N) is 2. The molecule has 0 saturated carbocycles. The van der Waals surface area contributed by atoms with Crippen LogP contribution >= 0.6 is 25.3 Å². The molecular weight excluding hydrogens is 464 g/mol. The first-order valence-corrected chi connectivity index (χ1v) is 7.15. The van der Waals surface area contributed by atoms with Gasteiger partial charge in [0.25, 0.3) is 11.4 Å². The van der Waals surface area contributed by atoms with Crippen LogP contribution in [0.3, 0.4) is 0 Å². The summed E-state index contributed by atoms with van der Waals surface area (Å²) in [4.78, 5) is 6.25. The molecule has 0 aromatic heterocycles. The zero-order valence-corrected chi connectivity index (χ0v) is 17.8. The largest absolute Gasteiger partial charge is 3.00 e. The summed E-state index contributed by atoms with van der Waals surface area (Å²) in [5.41, 5.74) is 4.72. The molecule has 0 amide bonds. The quantitative estimate of drug-likeness (QED) is 0.141. The van der Waals surface area contributed by atoms with Crippen molar-refractivity contribution in [2.45, 2.75) is 0 Å². The van der Waals surface area contributed by atoms with Crippen LogP contribution in [-0.2, 0) is 61.1 Å². The summed E-state index contributed by atoms with van der Waals surface area (Å²) >= 11 is 8.37. The molecule has 4 rings (SSSR count). The molecule has 2 heterocycles. The predicted octanol–water partition coefficient (Wildman–Crippen LogP) is -2.22. The first kappa shape index (κ1) is 26.4. The van der Waals surface area contributed by atoms with Crippen LogP contribution in [0.4, 0.5) is 22.7 Å². The van der Waals surface area contributed by atoms with Gasteiger partial charge in [-0.15, -0.1) is 9.98 Å². The van der Waals surface area contributed by atoms with E-state index in [-0.39, 0.29) is 61.1 Å². The second-order valence-corrected chi connectivity index (χ2v) is 5.45. The number of hydrogen-bond acceptors (Lipinski definition) is 0. The van der Waals surface area contributed by atoms with E-state index >= 15 is 0 Å². The summed E-state index contributed by atoms with van der Waals surface area (Å²) in [6.07, 6.45) is 0. The molecular formula is C14H16Fe2N4S4+6. The second kappa shape index (κ2) is 12.5. The monoisotopic (exact) mass is 480 g/mol. The van der Waals surface area contributed by atoms with Gasteiger partial charge in [-0.05, 0) is 25.3 Å². The Morgan fingerprint density at radius 2 is 0.958 bits per heavy atom. The second-order valence-electron chi connectivity index (χ2n) is 4.48. The van der Waals surface area contributed by atoms with Crippen molar-refractivity contribution < 1.29 is 54.8 Å². The zero-order chi connectivity index (χ0) is 13.9. The average Bonchev–Trinajstić information content (AvgIpc) is 2.99. The van der Waals surface area contributed by atoms with Gasteiger partial charge >= 0.3 is 44.5 Å². The molecule has 0 unspecified atom stereocenters. The van der Waals surface area contributed by atoms with E-state index < -0.39 is 0 Å². The summed E-state index contributed by atoms with van der Waals surface area (Å²) in [7, 11) is 0. The van der Waals surface area contributed by atoms with Crippen molar-refractivity contribution in [1.29, 1.82) is 0 Å². The van der Waals surface area contributed by atoms with Crippen LogP contribution in [0.5, 0.6) is 0 Å². The molecule has 2 aliphatic heterocycles. The van der Waals surface area contributed by atoms with E-state index in [2.05, 4.69) is 47.4 Å². The SMILES string of the molecule is SC1=[NH+]c2ccccc2[NH2+]1.SC1=[NH+]c2ccccc2[NH2+]1.[Fe+3].[Fe+3].[S-2].[S-2]. The summed E-state index contributed by atoms with van der Waals surface area (Å²) in [5.74, 6) is 0. The third-order valence-electron chi connectivity index (χ3n) is 3.03. The fraction of sp³-hybridized carbons (Fsp3) is 0. The summed E-state index contributed by atoms with van der Waals surface area (Å²) in [5, 5.41) is 5.86. The Morgan fingerprint density at radius 1 is 0.625 bits per heavy atom. The molecule has 0 atom stereocenters. The summed E-state index contributed by atoms with van der Waals surface area (Å²) in [6.45, 7) is 0. The van der Waals surface area contributed by atoms with Gasteiger partial charge in [0.2, 0.25) is 11.4 Å². The molecule has 6 N–H and O–H groups in total. The van der Waals surface area contributed by atoms with Gasteiger partial charge in [-0.2, -0.15) is 0 Å². The number of thiol groups is 2. The van der Waals surface area contributed by atoms with Gasteiger partial charge in [0.1, 0.15) is 0 Å². The molecule has 0 bridgehead atoms. The van der Waals surface area contributed by atoms with E-state index in [1.54, 1.807) is 0 Å². The summed E-state index contributed by atoms with van der Waals surface area (Å²) < 4.78 is 0. The molecule has 2 aromatic rings. The van der Waals surface area contributed by atoms with Gasteiger partial charge in [-0.25, -0.2) is 10.6 Å². The Hall–Kier alpha value is 0.139. The Labute approximate surface area is 187 Å². The van der Waals surface area contributed by atoms with Crippen LogP contribution in [0.25, 0.3) is 0 Å². The number of rotatable bonds is 0. The maximum Gasteiger partial charge on any atom is 3.00 e. The molecule has 10 heteroatoms. The van der Waals surface area contributed by atoms with Crippen molar-refractivity contribution in [2.24, 2.45) is 0 Å². The van der Waals surface area contributed by atoms with Crippen LogP contribution in [0, 0.1) is 0 Å². The van der Waals surface area contributed by atoms with Crippen molar-refractivity contribution in [1.82, 2.24) is 0 Å². The number of nitrogens with one attached hydrogen (secondary N) is 2. The van der Waals surface area contributed by atoms with Gasteiger partial charge in [0.15, 0.2) is 0 Å². The van der Waals surface area contributed by atoms with Crippen molar-refractivity contribution >= 4 is 85.3 Å². The first-order chi connectivity index (χ1) is 9.72. The van der Waals surface area contributed by atoms with Crippen molar-refractivity contribution in [3.05, 3.63) is 48.5 Å². The third-order valence-corrected chi connectivity index (χ3v) is 3.51. The van der Waals surface area contributed by atoms with Gasteiger partial charge < -0.3 is 27.0 Å². The topological polar surface area (TPSA) is 61.2 Å². The maximum atomic E-state index is 4.19. The minimum atomic E-state index is 0. The molecule has 0 fully saturated rings. The minimum absolute atomic E-state index is 0. The average molecular weight is 480 g/mol. The number of para-hydroxylation sites is 4. The van der Waals surface area contributed by atoms with Crippen molar-refractivity contribution in [3.8, 4) is 0 Å². The minimum Gasteiger partial charge on any atom is -2.00 e. The molecule has 0 spiro atoms. The maximum absolute atomic E-state index is 4.19. The number of hydrogen-bond donors (Lipinski definition) is 6. The Balaban J connectivity index is 0. The molecule has 2 radical (unpaired) electrons. The number of quaternary nitrogens is 2. The molecule has 4 nitrogen and oxygen atoms in total. The number of benzene rings is 2.